The third kappa shape index (κ3) is 4.18. The van der Waals surface area contributed by atoms with Crippen LogP contribution in [0.4, 0.5) is 0 Å². The summed E-state index contributed by atoms with van der Waals surface area (Å²) in [5.74, 6) is 0.952. The van der Waals surface area contributed by atoms with Gasteiger partial charge in [0.1, 0.15) is 0 Å². The minimum Gasteiger partial charge on any atom is -0.311 e. The molecule has 112 valence electrons. The second-order valence-corrected chi connectivity index (χ2v) is 6.06. The Morgan fingerprint density at radius 2 is 1.86 bits per heavy atom. The predicted molar refractivity (Wildman–Crippen MR) is 86.5 cm³/mol. The van der Waals surface area contributed by atoms with Gasteiger partial charge >= 0.3 is 0 Å². The van der Waals surface area contributed by atoms with Gasteiger partial charge in [-0.1, -0.05) is 50.3 Å². The standard InChI is InChI=1S/C18H25N3/c1-3-7-16(8-4-1)11-13-19-15-17-12-14-21(20-17)18-9-5-2-6-10-18/h2,5-6,9-10,12,14,16,19H,1,3-4,7-8,11,13,15H2. The molecule has 0 amide bonds. The van der Waals surface area contributed by atoms with Gasteiger partial charge in [0.15, 0.2) is 0 Å². The van der Waals surface area contributed by atoms with Crippen LogP contribution in [0.15, 0.2) is 42.6 Å². The van der Waals surface area contributed by atoms with Gasteiger partial charge in [0, 0.05) is 12.7 Å². The van der Waals surface area contributed by atoms with Crippen molar-refractivity contribution in [2.45, 2.75) is 45.1 Å². The first kappa shape index (κ1) is 14.3. The van der Waals surface area contributed by atoms with Crippen LogP contribution in [0.2, 0.25) is 0 Å². The molecule has 1 saturated carbocycles. The van der Waals surface area contributed by atoms with Crippen molar-refractivity contribution in [3.63, 3.8) is 0 Å². The normalized spacial score (nSPS) is 16.2. The molecule has 0 spiro atoms. The molecule has 0 aliphatic heterocycles. The molecule has 0 saturated heterocycles. The maximum atomic E-state index is 4.62. The van der Waals surface area contributed by atoms with Gasteiger partial charge < -0.3 is 5.32 Å². The summed E-state index contributed by atoms with van der Waals surface area (Å²) in [4.78, 5) is 0. The number of para-hydroxylation sites is 1. The molecule has 1 N–H and O–H groups in total. The van der Waals surface area contributed by atoms with Crippen molar-refractivity contribution < 1.29 is 0 Å². The van der Waals surface area contributed by atoms with E-state index in [0.29, 0.717) is 0 Å². The molecule has 2 aromatic rings. The highest BCUT2D eigenvalue weighted by Gasteiger charge is 2.12. The fourth-order valence-corrected chi connectivity index (χ4v) is 3.18. The van der Waals surface area contributed by atoms with Crippen molar-refractivity contribution in [3.8, 4) is 5.69 Å². The lowest BCUT2D eigenvalue weighted by Gasteiger charge is -2.21. The van der Waals surface area contributed by atoms with E-state index in [1.807, 2.05) is 29.1 Å². The van der Waals surface area contributed by atoms with E-state index in [1.54, 1.807) is 0 Å². The Morgan fingerprint density at radius 1 is 1.05 bits per heavy atom. The summed E-state index contributed by atoms with van der Waals surface area (Å²) in [6.45, 7) is 1.98. The zero-order chi connectivity index (χ0) is 14.3. The summed E-state index contributed by atoms with van der Waals surface area (Å²) in [6.07, 6.45) is 10.5. The van der Waals surface area contributed by atoms with Crippen molar-refractivity contribution in [1.29, 1.82) is 0 Å². The third-order valence-corrected chi connectivity index (χ3v) is 4.43. The number of nitrogens with zero attached hydrogens (tertiary/aromatic N) is 2. The van der Waals surface area contributed by atoms with Gasteiger partial charge in [0.2, 0.25) is 0 Å². The summed E-state index contributed by atoms with van der Waals surface area (Å²) in [6, 6.07) is 12.4. The fraction of sp³-hybridized carbons (Fsp3) is 0.500. The number of benzene rings is 1. The van der Waals surface area contributed by atoms with E-state index in [2.05, 4.69) is 28.6 Å². The van der Waals surface area contributed by atoms with Crippen molar-refractivity contribution in [1.82, 2.24) is 15.1 Å². The highest BCUT2D eigenvalue weighted by molar-refractivity contribution is 5.30. The molecule has 21 heavy (non-hydrogen) atoms. The van der Waals surface area contributed by atoms with Gasteiger partial charge in [0.05, 0.1) is 11.4 Å². The molecule has 1 aromatic carbocycles. The number of rotatable bonds is 6. The SMILES string of the molecule is c1ccc(-n2ccc(CNCCC3CCCCC3)n2)cc1. The van der Waals surface area contributed by atoms with Gasteiger partial charge in [-0.25, -0.2) is 4.68 Å². The summed E-state index contributed by atoms with van der Waals surface area (Å²) < 4.78 is 1.94. The second kappa shape index (κ2) is 7.41. The number of hydrogen-bond acceptors (Lipinski definition) is 2. The highest BCUT2D eigenvalue weighted by atomic mass is 15.3. The van der Waals surface area contributed by atoms with Crippen LogP contribution in [0.1, 0.15) is 44.2 Å². The zero-order valence-corrected chi connectivity index (χ0v) is 12.7. The van der Waals surface area contributed by atoms with E-state index in [1.165, 1.54) is 38.5 Å². The summed E-state index contributed by atoms with van der Waals surface area (Å²) in [5.41, 5.74) is 2.23. The van der Waals surface area contributed by atoms with Crippen LogP contribution in [0, 0.1) is 5.92 Å². The molecule has 0 atom stereocenters. The molecule has 1 fully saturated rings. The highest BCUT2D eigenvalue weighted by Crippen LogP contribution is 2.25. The minimum absolute atomic E-state index is 0.868. The Bertz CT molecular complexity index is 526. The first-order valence-electron chi connectivity index (χ1n) is 8.22. The monoisotopic (exact) mass is 283 g/mol. The average Bonchev–Trinajstić information content (AvgIpc) is 3.02. The van der Waals surface area contributed by atoms with Crippen molar-refractivity contribution >= 4 is 0 Å². The van der Waals surface area contributed by atoms with Crippen LogP contribution in [-0.4, -0.2) is 16.3 Å². The van der Waals surface area contributed by atoms with E-state index >= 15 is 0 Å². The maximum absolute atomic E-state index is 4.62. The molecule has 1 heterocycles. The Hall–Kier alpha value is -1.61. The lowest BCUT2D eigenvalue weighted by Crippen LogP contribution is -2.19. The molecular weight excluding hydrogens is 258 g/mol. The third-order valence-electron chi connectivity index (χ3n) is 4.43. The van der Waals surface area contributed by atoms with E-state index in [-0.39, 0.29) is 0 Å². The lowest BCUT2D eigenvalue weighted by molar-refractivity contribution is 0.333. The second-order valence-electron chi connectivity index (χ2n) is 6.06. The van der Waals surface area contributed by atoms with Gasteiger partial charge in [-0.05, 0) is 37.1 Å². The predicted octanol–water partition coefficient (Wildman–Crippen LogP) is 3.93. The quantitative estimate of drug-likeness (QED) is 0.814. The Labute approximate surface area is 127 Å². The van der Waals surface area contributed by atoms with Crippen molar-refractivity contribution in [2.24, 2.45) is 5.92 Å². The largest absolute Gasteiger partial charge is 0.311 e. The molecule has 0 unspecified atom stereocenters. The van der Waals surface area contributed by atoms with Crippen molar-refractivity contribution in [3.05, 3.63) is 48.3 Å². The number of aromatic nitrogens is 2. The molecule has 1 aliphatic rings. The number of hydrogen-bond donors (Lipinski definition) is 1. The van der Waals surface area contributed by atoms with Gasteiger partial charge in [-0.15, -0.1) is 0 Å². The minimum atomic E-state index is 0.868. The average molecular weight is 283 g/mol. The fourth-order valence-electron chi connectivity index (χ4n) is 3.18. The smallest absolute Gasteiger partial charge is 0.0766 e. The molecule has 3 nitrogen and oxygen atoms in total. The topological polar surface area (TPSA) is 29.9 Å². The van der Waals surface area contributed by atoms with Crippen LogP contribution in [0.3, 0.4) is 0 Å². The van der Waals surface area contributed by atoms with Crippen LogP contribution in [0.5, 0.6) is 0 Å². The Balaban J connectivity index is 1.42. The van der Waals surface area contributed by atoms with Gasteiger partial charge in [-0.3, -0.25) is 0 Å². The molecule has 3 heteroatoms. The van der Waals surface area contributed by atoms with Gasteiger partial charge in [0.25, 0.3) is 0 Å². The Kier molecular flexibility index (Phi) is 5.06. The summed E-state index contributed by atoms with van der Waals surface area (Å²) in [7, 11) is 0. The summed E-state index contributed by atoms with van der Waals surface area (Å²) >= 11 is 0. The molecular formula is C18H25N3. The molecule has 3 rings (SSSR count). The van der Waals surface area contributed by atoms with E-state index < -0.39 is 0 Å². The molecule has 0 radical (unpaired) electrons. The van der Waals surface area contributed by atoms with Crippen LogP contribution >= 0.6 is 0 Å². The maximum Gasteiger partial charge on any atom is 0.0766 e. The zero-order valence-electron chi connectivity index (χ0n) is 12.7. The van der Waals surface area contributed by atoms with E-state index in [4.69, 9.17) is 0 Å². The molecule has 0 bridgehead atoms. The molecule has 1 aromatic heterocycles. The van der Waals surface area contributed by atoms with Gasteiger partial charge in [-0.2, -0.15) is 5.10 Å². The Morgan fingerprint density at radius 3 is 2.67 bits per heavy atom. The lowest BCUT2D eigenvalue weighted by atomic mass is 9.87. The van der Waals surface area contributed by atoms with E-state index in [9.17, 15) is 0 Å². The molecule has 1 aliphatic carbocycles. The van der Waals surface area contributed by atoms with E-state index in [0.717, 1.165) is 30.4 Å². The van der Waals surface area contributed by atoms with Crippen LogP contribution in [0.25, 0.3) is 5.69 Å². The van der Waals surface area contributed by atoms with Crippen LogP contribution in [-0.2, 0) is 6.54 Å². The van der Waals surface area contributed by atoms with Crippen molar-refractivity contribution in [2.75, 3.05) is 6.54 Å². The summed E-state index contributed by atoms with van der Waals surface area (Å²) in [5, 5.41) is 8.16. The van der Waals surface area contributed by atoms with Crippen LogP contribution < -0.4 is 5.32 Å². The number of nitrogens with one attached hydrogen (secondary N) is 1. The first-order chi connectivity index (χ1) is 10.4. The first-order valence-corrected chi connectivity index (χ1v) is 8.22.